The molecule has 0 aromatic heterocycles. The average molecular weight is 478 g/mol. The summed E-state index contributed by atoms with van der Waals surface area (Å²) in [4.78, 5) is 17.5. The predicted molar refractivity (Wildman–Crippen MR) is 96.4 cm³/mol. The fourth-order valence-electron chi connectivity index (χ4n) is 2.22. The molecule has 26 heavy (non-hydrogen) atoms. The van der Waals surface area contributed by atoms with E-state index in [-0.39, 0.29) is 23.5 Å². The van der Waals surface area contributed by atoms with Crippen LogP contribution in [0.1, 0.15) is 23.2 Å². The van der Waals surface area contributed by atoms with Gasteiger partial charge in [-0.05, 0) is 59.7 Å². The zero-order chi connectivity index (χ0) is 18.9. The van der Waals surface area contributed by atoms with Crippen LogP contribution in [0.2, 0.25) is 0 Å². The van der Waals surface area contributed by atoms with Crippen LogP contribution >= 0.6 is 22.6 Å². The zero-order valence-electron chi connectivity index (χ0n) is 13.3. The third kappa shape index (κ3) is 4.10. The second-order valence-electron chi connectivity index (χ2n) is 5.94. The van der Waals surface area contributed by atoms with E-state index in [0.717, 1.165) is 6.07 Å². The fourth-order valence-corrected chi connectivity index (χ4v) is 2.67. The van der Waals surface area contributed by atoms with E-state index in [1.807, 2.05) is 22.6 Å². The summed E-state index contributed by atoms with van der Waals surface area (Å²) in [5, 5.41) is 11.8. The van der Waals surface area contributed by atoms with E-state index in [0.29, 0.717) is 22.5 Å². The number of rotatable bonds is 6. The van der Waals surface area contributed by atoms with Crippen molar-refractivity contribution in [3.63, 3.8) is 0 Å². The van der Waals surface area contributed by atoms with E-state index in [1.165, 1.54) is 12.1 Å². The van der Waals surface area contributed by atoms with Crippen LogP contribution in [0.15, 0.2) is 30.3 Å². The van der Waals surface area contributed by atoms with Crippen LogP contribution in [0.5, 0.6) is 0 Å². The Morgan fingerprint density at radius 2 is 1.81 bits per heavy atom. The molecule has 2 aromatic rings. The van der Waals surface area contributed by atoms with Crippen molar-refractivity contribution in [3.8, 4) is 0 Å². The Morgan fingerprint density at radius 1 is 1.12 bits per heavy atom. The number of aliphatic hydroxyl groups excluding tert-OH is 1. The molecule has 0 bridgehead atoms. The molecule has 0 unspecified atom stereocenters. The molecule has 1 aliphatic rings. The summed E-state index contributed by atoms with van der Waals surface area (Å²) in [7, 11) is 0. The smallest absolute Gasteiger partial charge is 0.277 e. The van der Waals surface area contributed by atoms with E-state index in [9.17, 15) is 23.1 Å². The molecule has 3 N–H and O–H groups in total. The number of amides is 1. The first kappa shape index (κ1) is 18.9. The van der Waals surface area contributed by atoms with Gasteiger partial charge in [0.1, 0.15) is 11.4 Å². The first-order chi connectivity index (χ1) is 12.3. The van der Waals surface area contributed by atoms with Gasteiger partial charge in [0.05, 0.1) is 23.5 Å². The second kappa shape index (κ2) is 7.41. The molecule has 2 aromatic carbocycles. The van der Waals surface area contributed by atoms with Crippen molar-refractivity contribution in [2.75, 3.05) is 11.9 Å². The van der Waals surface area contributed by atoms with Gasteiger partial charge >= 0.3 is 0 Å². The molecule has 138 valence electrons. The van der Waals surface area contributed by atoms with Gasteiger partial charge in [0.15, 0.2) is 11.6 Å². The lowest BCUT2D eigenvalue weighted by molar-refractivity contribution is -0.0566. The van der Waals surface area contributed by atoms with Crippen molar-refractivity contribution < 1.29 is 27.9 Å². The highest BCUT2D eigenvalue weighted by atomic mass is 127. The number of anilines is 2. The summed E-state index contributed by atoms with van der Waals surface area (Å²) in [6.45, 7) is -0.274. The van der Waals surface area contributed by atoms with Gasteiger partial charge in [0.2, 0.25) is 0 Å². The predicted octanol–water partition coefficient (Wildman–Crippen LogP) is 3.64. The normalized spacial score (nSPS) is 14.8. The van der Waals surface area contributed by atoms with Crippen molar-refractivity contribution in [3.05, 3.63) is 56.9 Å². The molecule has 9 heteroatoms. The number of carbonyl (C=O) groups is 1. The minimum absolute atomic E-state index is 0.000383. The van der Waals surface area contributed by atoms with Gasteiger partial charge in [-0.25, -0.2) is 18.7 Å². The molecular weight excluding hydrogens is 464 g/mol. The maximum atomic E-state index is 14.0. The molecule has 1 fully saturated rings. The number of halogens is 4. The molecule has 0 atom stereocenters. The Kier molecular flexibility index (Phi) is 5.39. The second-order valence-corrected chi connectivity index (χ2v) is 7.18. The number of hydrogen-bond donors (Lipinski definition) is 3. The number of nitrogens with one attached hydrogen (secondary N) is 2. The number of hydroxylamine groups is 1. The Hall–Kier alpha value is -1.85. The van der Waals surface area contributed by atoms with Crippen LogP contribution in [0.4, 0.5) is 24.5 Å². The highest BCUT2D eigenvalue weighted by Crippen LogP contribution is 2.38. The third-order valence-electron chi connectivity index (χ3n) is 3.96. The van der Waals surface area contributed by atoms with Crippen molar-refractivity contribution in [1.29, 1.82) is 0 Å². The van der Waals surface area contributed by atoms with Gasteiger partial charge in [0.25, 0.3) is 5.91 Å². The van der Waals surface area contributed by atoms with E-state index < -0.39 is 29.0 Å². The van der Waals surface area contributed by atoms with E-state index in [1.54, 1.807) is 6.07 Å². The van der Waals surface area contributed by atoms with E-state index >= 15 is 0 Å². The molecule has 0 heterocycles. The Labute approximate surface area is 160 Å². The largest absolute Gasteiger partial charge is 0.393 e. The lowest BCUT2D eigenvalue weighted by Gasteiger charge is -2.16. The monoisotopic (exact) mass is 478 g/mol. The SMILES string of the molecule is O=C(NOC1(CO)CC1)c1cc(F)c(F)cc1Nc1ccc(I)cc1F. The molecule has 1 saturated carbocycles. The quantitative estimate of drug-likeness (QED) is 0.438. The van der Waals surface area contributed by atoms with Gasteiger partial charge in [-0.2, -0.15) is 0 Å². The first-order valence-electron chi connectivity index (χ1n) is 7.64. The molecule has 0 saturated heterocycles. The Bertz CT molecular complexity index is 859. The van der Waals surface area contributed by atoms with Crippen LogP contribution in [0.3, 0.4) is 0 Å². The molecule has 0 spiro atoms. The van der Waals surface area contributed by atoms with Gasteiger partial charge in [-0.3, -0.25) is 9.63 Å². The maximum Gasteiger partial charge on any atom is 0.277 e. The summed E-state index contributed by atoms with van der Waals surface area (Å²) in [5.41, 5.74) is 0.903. The summed E-state index contributed by atoms with van der Waals surface area (Å²) >= 11 is 1.93. The molecule has 0 radical (unpaired) electrons. The molecule has 0 aliphatic heterocycles. The molecule has 5 nitrogen and oxygen atoms in total. The molecule has 1 aliphatic carbocycles. The van der Waals surface area contributed by atoms with Gasteiger partial charge in [-0.15, -0.1) is 0 Å². The molecule has 3 rings (SSSR count). The zero-order valence-corrected chi connectivity index (χ0v) is 15.4. The van der Waals surface area contributed by atoms with Crippen LogP contribution in [-0.4, -0.2) is 23.2 Å². The van der Waals surface area contributed by atoms with E-state index in [2.05, 4.69) is 10.8 Å². The van der Waals surface area contributed by atoms with Crippen LogP contribution < -0.4 is 10.8 Å². The lowest BCUT2D eigenvalue weighted by Crippen LogP contribution is -2.33. The Balaban J connectivity index is 1.86. The van der Waals surface area contributed by atoms with Crippen LogP contribution in [0.25, 0.3) is 0 Å². The molecular formula is C17H14F3IN2O3. The van der Waals surface area contributed by atoms with Gasteiger partial charge in [-0.1, -0.05) is 0 Å². The highest BCUT2D eigenvalue weighted by molar-refractivity contribution is 14.1. The minimum Gasteiger partial charge on any atom is -0.393 e. The van der Waals surface area contributed by atoms with Crippen LogP contribution in [-0.2, 0) is 4.84 Å². The topological polar surface area (TPSA) is 70.6 Å². The number of carbonyl (C=O) groups excluding carboxylic acids is 1. The summed E-state index contributed by atoms with van der Waals surface area (Å²) in [6, 6.07) is 5.75. The summed E-state index contributed by atoms with van der Waals surface area (Å²) in [5.74, 6) is -3.88. The van der Waals surface area contributed by atoms with Crippen LogP contribution in [0, 0.1) is 21.0 Å². The van der Waals surface area contributed by atoms with E-state index in [4.69, 9.17) is 4.84 Å². The first-order valence-corrected chi connectivity index (χ1v) is 8.72. The van der Waals surface area contributed by atoms with Gasteiger partial charge < -0.3 is 10.4 Å². The van der Waals surface area contributed by atoms with Crippen molar-refractivity contribution in [2.45, 2.75) is 18.4 Å². The number of hydrogen-bond acceptors (Lipinski definition) is 4. The fraction of sp³-hybridized carbons (Fsp3) is 0.235. The van der Waals surface area contributed by atoms with Crippen molar-refractivity contribution >= 4 is 39.9 Å². The Morgan fingerprint density at radius 3 is 2.42 bits per heavy atom. The average Bonchev–Trinajstić information content (AvgIpc) is 3.39. The maximum absolute atomic E-state index is 14.0. The lowest BCUT2D eigenvalue weighted by atomic mass is 10.1. The minimum atomic E-state index is -1.23. The highest BCUT2D eigenvalue weighted by Gasteiger charge is 2.45. The van der Waals surface area contributed by atoms with Crippen molar-refractivity contribution in [1.82, 2.24) is 5.48 Å². The summed E-state index contributed by atoms with van der Waals surface area (Å²) < 4.78 is 41.9. The van der Waals surface area contributed by atoms with Gasteiger partial charge in [0, 0.05) is 9.64 Å². The third-order valence-corrected chi connectivity index (χ3v) is 4.63. The summed E-state index contributed by atoms with van der Waals surface area (Å²) in [6.07, 6.45) is 1.14. The number of aliphatic hydroxyl groups is 1. The molecule has 1 amide bonds. The standard InChI is InChI=1S/C17H14F3IN2O3/c18-11-6-10(16(25)23-26-17(8-24)3-4-17)15(7-12(11)19)22-14-2-1-9(21)5-13(14)20/h1-2,5-7,22,24H,3-4,8H2,(H,23,25). The van der Waals surface area contributed by atoms with Crippen molar-refractivity contribution in [2.24, 2.45) is 0 Å². The number of benzene rings is 2.